The van der Waals surface area contributed by atoms with Crippen molar-refractivity contribution in [3.05, 3.63) is 0 Å². The van der Waals surface area contributed by atoms with Crippen LogP contribution in [0.1, 0.15) is 40.5 Å². The van der Waals surface area contributed by atoms with E-state index in [0.29, 0.717) is 0 Å². The van der Waals surface area contributed by atoms with Crippen LogP contribution in [-0.2, 0) is 9.59 Å². The Morgan fingerprint density at radius 3 is 2.00 bits per heavy atom. The van der Waals surface area contributed by atoms with Crippen LogP contribution in [0.4, 0.5) is 0 Å². The minimum atomic E-state index is -1.34. The summed E-state index contributed by atoms with van der Waals surface area (Å²) in [6.45, 7) is 6.68. The van der Waals surface area contributed by atoms with Crippen LogP contribution < -0.4 is 10.8 Å². The van der Waals surface area contributed by atoms with Crippen molar-refractivity contribution >= 4 is 11.9 Å². The standard InChI is InChI=1S/C10H22N2O2.C2H4O2/c1-6-7-8(2)12(4,5)10(3,11)9(13)14;1-2(3)4/h8H,6-7,11H2,1-5H3;1H3,(H,3,4). The lowest BCUT2D eigenvalue weighted by Gasteiger charge is -2.48. The van der Waals surface area contributed by atoms with Crippen molar-refractivity contribution in [2.75, 3.05) is 14.1 Å². The molecule has 2 atom stereocenters. The molecule has 0 radical (unpaired) electrons. The summed E-state index contributed by atoms with van der Waals surface area (Å²) in [6.07, 6.45) is 1.97. The largest absolute Gasteiger partial charge is 0.543 e. The highest BCUT2D eigenvalue weighted by atomic mass is 16.4. The second kappa shape index (κ2) is 7.33. The fourth-order valence-corrected chi connectivity index (χ4v) is 1.43. The molecule has 0 aliphatic carbocycles. The number of carboxylic acids is 2. The molecule has 0 saturated heterocycles. The molecular formula is C12H26N2O4. The molecule has 0 bridgehead atoms. The third-order valence-electron chi connectivity index (χ3n) is 3.42. The van der Waals surface area contributed by atoms with Gasteiger partial charge in [-0.25, -0.2) is 0 Å². The molecule has 108 valence electrons. The predicted octanol–water partition coefficient (Wildman–Crippen LogP) is -0.233. The molecule has 0 aromatic carbocycles. The van der Waals surface area contributed by atoms with E-state index < -0.39 is 17.6 Å². The summed E-state index contributed by atoms with van der Waals surface area (Å²) < 4.78 is 0.239. The molecule has 0 aliphatic heterocycles. The number of nitrogens with zero attached hydrogens (tertiary/aromatic N) is 1. The zero-order valence-corrected chi connectivity index (χ0v) is 12.2. The molecule has 0 saturated carbocycles. The summed E-state index contributed by atoms with van der Waals surface area (Å²) in [4.78, 5) is 19.9. The molecule has 0 rings (SSSR count). The van der Waals surface area contributed by atoms with Crippen LogP contribution in [0.25, 0.3) is 0 Å². The maximum Gasteiger partial charge on any atom is 0.300 e. The topological polar surface area (TPSA) is 103 Å². The molecule has 3 N–H and O–H groups in total. The van der Waals surface area contributed by atoms with E-state index in [2.05, 4.69) is 6.92 Å². The summed E-state index contributed by atoms with van der Waals surface area (Å²) in [7, 11) is 3.66. The van der Waals surface area contributed by atoms with E-state index in [1.54, 1.807) is 0 Å². The molecular weight excluding hydrogens is 236 g/mol. The van der Waals surface area contributed by atoms with Gasteiger partial charge < -0.3 is 19.5 Å². The van der Waals surface area contributed by atoms with Gasteiger partial charge in [-0.15, -0.1) is 0 Å². The fourth-order valence-electron chi connectivity index (χ4n) is 1.43. The van der Waals surface area contributed by atoms with Crippen molar-refractivity contribution < 1.29 is 24.3 Å². The molecule has 6 heteroatoms. The van der Waals surface area contributed by atoms with Crippen LogP contribution in [-0.4, -0.2) is 47.3 Å². The molecule has 0 heterocycles. The maximum atomic E-state index is 10.9. The van der Waals surface area contributed by atoms with E-state index in [1.165, 1.54) is 6.92 Å². The van der Waals surface area contributed by atoms with Crippen molar-refractivity contribution in [2.24, 2.45) is 5.73 Å². The zero-order valence-electron chi connectivity index (χ0n) is 12.2. The molecule has 0 amide bonds. The Balaban J connectivity index is 0. The Kier molecular flexibility index (Phi) is 7.82. The first kappa shape index (κ1) is 19.2. The van der Waals surface area contributed by atoms with E-state index in [9.17, 15) is 9.90 Å². The van der Waals surface area contributed by atoms with Gasteiger partial charge in [0.25, 0.3) is 5.97 Å². The lowest BCUT2D eigenvalue weighted by Crippen LogP contribution is -2.73. The maximum absolute atomic E-state index is 10.9. The second-order valence-electron chi connectivity index (χ2n) is 5.13. The third-order valence-corrected chi connectivity index (χ3v) is 3.42. The number of carbonyl (C=O) groups excluding carboxylic acids is 1. The highest BCUT2D eigenvalue weighted by Crippen LogP contribution is 2.21. The summed E-state index contributed by atoms with van der Waals surface area (Å²) in [5.74, 6) is -2.04. The van der Waals surface area contributed by atoms with Gasteiger partial charge in [-0.3, -0.25) is 10.5 Å². The lowest BCUT2D eigenvalue weighted by atomic mass is 10.0. The van der Waals surface area contributed by atoms with Gasteiger partial charge in [0.15, 0.2) is 5.66 Å². The summed E-state index contributed by atoms with van der Waals surface area (Å²) in [5, 5.41) is 18.3. The summed E-state index contributed by atoms with van der Waals surface area (Å²) in [6, 6.07) is 0.202. The van der Waals surface area contributed by atoms with Crippen LogP contribution in [0.15, 0.2) is 0 Å². The number of carboxylic acid groups (broad SMARTS) is 2. The number of quaternary nitrogens is 1. The van der Waals surface area contributed by atoms with Crippen molar-refractivity contribution in [2.45, 2.75) is 52.2 Å². The number of carbonyl (C=O) groups is 2. The van der Waals surface area contributed by atoms with Gasteiger partial charge in [0.2, 0.25) is 0 Å². The number of nitrogens with two attached hydrogens (primary N) is 1. The molecule has 0 aromatic rings. The van der Waals surface area contributed by atoms with Crippen LogP contribution in [0, 0.1) is 0 Å². The van der Waals surface area contributed by atoms with Gasteiger partial charge in [-0.2, -0.15) is 0 Å². The molecule has 6 nitrogen and oxygen atoms in total. The number of hydrogen-bond donors (Lipinski definition) is 2. The molecule has 0 spiro atoms. The number of hydrogen-bond acceptors (Lipinski definition) is 4. The lowest BCUT2D eigenvalue weighted by molar-refractivity contribution is -0.953. The van der Waals surface area contributed by atoms with E-state index >= 15 is 0 Å². The monoisotopic (exact) mass is 262 g/mol. The highest BCUT2D eigenvalue weighted by Gasteiger charge is 2.42. The Labute approximate surface area is 109 Å². The highest BCUT2D eigenvalue weighted by molar-refractivity contribution is 5.73. The average Bonchev–Trinajstić information content (AvgIpc) is 2.16. The first-order valence-electron chi connectivity index (χ1n) is 5.94. The van der Waals surface area contributed by atoms with Crippen molar-refractivity contribution in [1.29, 1.82) is 0 Å². The quantitative estimate of drug-likeness (QED) is 0.526. The fraction of sp³-hybridized carbons (Fsp3) is 0.833. The second-order valence-corrected chi connectivity index (χ2v) is 5.13. The van der Waals surface area contributed by atoms with Gasteiger partial charge in [-0.1, -0.05) is 13.3 Å². The van der Waals surface area contributed by atoms with E-state index in [-0.39, 0.29) is 10.5 Å². The molecule has 18 heavy (non-hydrogen) atoms. The smallest absolute Gasteiger partial charge is 0.300 e. The molecule has 0 aromatic heterocycles. The van der Waals surface area contributed by atoms with Crippen molar-refractivity contribution in [1.82, 2.24) is 0 Å². The Hall–Kier alpha value is -1.14. The van der Waals surface area contributed by atoms with E-state index in [1.807, 2.05) is 21.0 Å². The normalized spacial score (nSPS) is 15.9. The van der Waals surface area contributed by atoms with Crippen molar-refractivity contribution in [3.63, 3.8) is 0 Å². The van der Waals surface area contributed by atoms with Crippen LogP contribution in [0.5, 0.6) is 0 Å². The average molecular weight is 262 g/mol. The van der Waals surface area contributed by atoms with E-state index in [0.717, 1.165) is 19.8 Å². The Bertz CT molecular complexity index is 284. The predicted molar refractivity (Wildman–Crippen MR) is 67.4 cm³/mol. The number of aliphatic carboxylic acids is 2. The minimum Gasteiger partial charge on any atom is -0.543 e. The summed E-state index contributed by atoms with van der Waals surface area (Å²) in [5.41, 5.74) is 4.44. The number of likely N-dealkylation sites (N-methyl/N-ethyl adjacent to an activating group) is 1. The minimum absolute atomic E-state index is 0.202. The van der Waals surface area contributed by atoms with Gasteiger partial charge >= 0.3 is 0 Å². The molecule has 2 unspecified atom stereocenters. The Morgan fingerprint density at radius 1 is 1.44 bits per heavy atom. The van der Waals surface area contributed by atoms with Crippen LogP contribution in [0.2, 0.25) is 0 Å². The first-order valence-corrected chi connectivity index (χ1v) is 5.94. The van der Waals surface area contributed by atoms with Crippen molar-refractivity contribution in [3.8, 4) is 0 Å². The Morgan fingerprint density at radius 2 is 1.78 bits per heavy atom. The van der Waals surface area contributed by atoms with Gasteiger partial charge in [0, 0.05) is 13.8 Å². The van der Waals surface area contributed by atoms with E-state index in [4.69, 9.17) is 15.6 Å². The SMILES string of the molecule is CC(=O)O.CCCC(C)[N+](C)(C)C(C)(N)C(=O)[O-]. The zero-order chi connectivity index (χ0) is 15.1. The van der Waals surface area contributed by atoms with Gasteiger partial charge in [-0.05, 0) is 13.3 Å². The summed E-state index contributed by atoms with van der Waals surface area (Å²) >= 11 is 0. The molecule has 0 aliphatic rings. The first-order chi connectivity index (χ1) is 7.91. The van der Waals surface area contributed by atoms with Gasteiger partial charge in [0.05, 0.1) is 20.1 Å². The van der Waals surface area contributed by atoms with Crippen LogP contribution >= 0.6 is 0 Å². The van der Waals surface area contributed by atoms with Gasteiger partial charge in [0.1, 0.15) is 5.97 Å². The number of rotatable bonds is 5. The third kappa shape index (κ3) is 5.46. The van der Waals surface area contributed by atoms with Crippen LogP contribution in [0.3, 0.4) is 0 Å². The molecule has 0 fully saturated rings.